The Bertz CT molecular complexity index is 1410. The number of alkyl carbamates (subject to hydrolysis) is 1. The quantitative estimate of drug-likeness (QED) is 0.233. The smallest absolute Gasteiger partial charge is 0.408 e. The van der Waals surface area contributed by atoms with E-state index < -0.39 is 17.4 Å². The van der Waals surface area contributed by atoms with Crippen LogP contribution in [0.2, 0.25) is 5.02 Å². The third-order valence-electron chi connectivity index (χ3n) is 5.83. The van der Waals surface area contributed by atoms with Crippen LogP contribution in [0.15, 0.2) is 80.0 Å². The second-order valence-corrected chi connectivity index (χ2v) is 9.50. The summed E-state index contributed by atoms with van der Waals surface area (Å²) in [6.07, 6.45) is 8.63. The van der Waals surface area contributed by atoms with Gasteiger partial charge in [-0.3, -0.25) is 0 Å². The van der Waals surface area contributed by atoms with E-state index in [2.05, 4.69) is 32.2 Å². The summed E-state index contributed by atoms with van der Waals surface area (Å²) in [5, 5.41) is 6.11. The summed E-state index contributed by atoms with van der Waals surface area (Å²) < 4.78 is 22.2. The fourth-order valence-electron chi connectivity index (χ4n) is 3.85. The van der Waals surface area contributed by atoms with Gasteiger partial charge in [0.2, 0.25) is 5.95 Å². The number of benzene rings is 2. The van der Waals surface area contributed by atoms with Crippen molar-refractivity contribution in [3.63, 3.8) is 0 Å². The predicted molar refractivity (Wildman–Crippen MR) is 146 cm³/mol. The average Bonchev–Trinajstić information content (AvgIpc) is 3.41. The minimum absolute atomic E-state index is 0.0579. The monoisotopic (exact) mass is 534 g/mol. The largest absolute Gasteiger partial charge is 0.445 e. The number of anilines is 2. The van der Waals surface area contributed by atoms with Crippen LogP contribution in [0.5, 0.6) is 0 Å². The molecule has 0 aliphatic carbocycles. The van der Waals surface area contributed by atoms with Crippen molar-refractivity contribution in [3.8, 4) is 11.3 Å². The Kier molecular flexibility index (Phi) is 8.38. The lowest BCUT2D eigenvalue weighted by Gasteiger charge is -2.27. The van der Waals surface area contributed by atoms with Crippen molar-refractivity contribution in [3.05, 3.63) is 102 Å². The van der Waals surface area contributed by atoms with Gasteiger partial charge in [-0.15, -0.1) is 0 Å². The molecule has 4 rings (SSSR count). The van der Waals surface area contributed by atoms with Crippen LogP contribution in [0.25, 0.3) is 11.3 Å². The van der Waals surface area contributed by atoms with Crippen molar-refractivity contribution in [1.29, 1.82) is 0 Å². The van der Waals surface area contributed by atoms with Crippen molar-refractivity contribution in [2.45, 2.75) is 32.4 Å². The molecule has 4 aromatic rings. The summed E-state index contributed by atoms with van der Waals surface area (Å²) >= 11 is 6.37. The van der Waals surface area contributed by atoms with Crippen LogP contribution >= 0.6 is 11.6 Å². The van der Waals surface area contributed by atoms with Crippen molar-refractivity contribution in [2.24, 2.45) is 0 Å². The maximum Gasteiger partial charge on any atom is 0.408 e. The number of halogens is 2. The summed E-state index contributed by atoms with van der Waals surface area (Å²) in [5.74, 6) is -0.195. The molecular weight excluding hydrogens is 507 g/mol. The molecule has 0 radical (unpaired) electrons. The van der Waals surface area contributed by atoms with E-state index >= 15 is 4.39 Å². The first kappa shape index (κ1) is 26.8. The van der Waals surface area contributed by atoms with Crippen molar-refractivity contribution < 1.29 is 13.9 Å². The van der Waals surface area contributed by atoms with E-state index in [9.17, 15) is 4.79 Å². The number of nitrogens with one attached hydrogen (secondary N) is 2. The van der Waals surface area contributed by atoms with Gasteiger partial charge in [0.25, 0.3) is 0 Å². The third-order valence-corrected chi connectivity index (χ3v) is 6.11. The van der Waals surface area contributed by atoms with Crippen LogP contribution in [0.3, 0.4) is 0 Å². The molecule has 0 aliphatic heterocycles. The highest BCUT2D eigenvalue weighted by Crippen LogP contribution is 2.31. The van der Waals surface area contributed by atoms with Crippen LogP contribution in [0.1, 0.15) is 25.0 Å². The first-order chi connectivity index (χ1) is 18.2. The molecule has 1 amide bonds. The van der Waals surface area contributed by atoms with Gasteiger partial charge in [-0.05, 0) is 44.0 Å². The molecule has 0 unspecified atom stereocenters. The summed E-state index contributed by atoms with van der Waals surface area (Å²) in [6, 6.07) is 12.6. The Morgan fingerprint density at radius 1 is 1.24 bits per heavy atom. The minimum atomic E-state index is -1.02. The van der Waals surface area contributed by atoms with E-state index in [0.717, 1.165) is 18.7 Å². The zero-order valence-corrected chi connectivity index (χ0v) is 21.9. The van der Waals surface area contributed by atoms with E-state index in [1.54, 1.807) is 38.5 Å². The number of aryl methyl sites for hydroxylation is 2. The average molecular weight is 535 g/mol. The van der Waals surface area contributed by atoms with Crippen LogP contribution in [0, 0.1) is 5.82 Å². The van der Waals surface area contributed by atoms with Crippen molar-refractivity contribution >= 4 is 29.3 Å². The molecule has 10 heteroatoms. The van der Waals surface area contributed by atoms with E-state index in [-0.39, 0.29) is 17.2 Å². The third kappa shape index (κ3) is 6.74. The summed E-state index contributed by atoms with van der Waals surface area (Å²) in [6.45, 7) is 7.77. The number of carbonyl (C=O) groups is 1. The highest BCUT2D eigenvalue weighted by Gasteiger charge is 2.27. The van der Waals surface area contributed by atoms with Gasteiger partial charge in [0.1, 0.15) is 12.4 Å². The Labute approximate surface area is 225 Å². The molecule has 0 saturated carbocycles. The number of ether oxygens (including phenoxy) is 1. The molecule has 0 fully saturated rings. The summed E-state index contributed by atoms with van der Waals surface area (Å²) in [4.78, 5) is 24.8. The minimum Gasteiger partial charge on any atom is -0.445 e. The van der Waals surface area contributed by atoms with Gasteiger partial charge in [-0.25, -0.2) is 24.1 Å². The number of amides is 1. The fourth-order valence-corrected chi connectivity index (χ4v) is 4.05. The number of carbonyl (C=O) groups excluding carboxylic acids is 1. The van der Waals surface area contributed by atoms with Gasteiger partial charge in [-0.1, -0.05) is 48.5 Å². The Hall–Kier alpha value is -4.24. The molecule has 196 valence electrons. The molecule has 38 heavy (non-hydrogen) atoms. The maximum atomic E-state index is 15.2. The zero-order chi connectivity index (χ0) is 27.1. The van der Waals surface area contributed by atoms with Gasteiger partial charge in [0.15, 0.2) is 0 Å². The Morgan fingerprint density at radius 2 is 2.03 bits per heavy atom. The molecule has 0 spiro atoms. The van der Waals surface area contributed by atoms with Gasteiger partial charge in [0.05, 0.1) is 28.8 Å². The van der Waals surface area contributed by atoms with E-state index in [0.29, 0.717) is 17.2 Å². The van der Waals surface area contributed by atoms with Crippen LogP contribution < -0.4 is 10.6 Å². The van der Waals surface area contributed by atoms with Gasteiger partial charge in [-0.2, -0.15) is 0 Å². The lowest BCUT2D eigenvalue weighted by Crippen LogP contribution is -2.42. The molecule has 2 N–H and O–H groups in total. The van der Waals surface area contributed by atoms with Gasteiger partial charge in [0, 0.05) is 35.8 Å². The lowest BCUT2D eigenvalue weighted by molar-refractivity contribution is 0.147. The Balaban J connectivity index is 1.47. The molecular formula is C28H28ClFN6O2. The molecule has 0 saturated heterocycles. The van der Waals surface area contributed by atoms with Crippen LogP contribution in [0.4, 0.5) is 20.8 Å². The number of aromatic nitrogens is 4. The summed E-state index contributed by atoms with van der Waals surface area (Å²) in [5.41, 5.74) is 2.11. The number of rotatable bonds is 10. The van der Waals surface area contributed by atoms with Crippen molar-refractivity contribution in [1.82, 2.24) is 24.8 Å². The normalized spacial score (nSPS) is 11.2. The lowest BCUT2D eigenvalue weighted by atomic mass is 9.92. The molecule has 2 heterocycles. The molecule has 0 aliphatic rings. The first-order valence-corrected chi connectivity index (χ1v) is 12.3. The van der Waals surface area contributed by atoms with Gasteiger partial charge < -0.3 is 19.9 Å². The Morgan fingerprint density at radius 3 is 2.71 bits per heavy atom. The SMILES string of the molecule is C=CCOC(=O)NC(C)(C)c1ccc(-c2nc(Nc3ccc(CCn4ccnc4)cc3)ncc2Cl)cc1F. The zero-order valence-electron chi connectivity index (χ0n) is 21.1. The van der Waals surface area contributed by atoms with Crippen molar-refractivity contribution in [2.75, 3.05) is 11.9 Å². The second-order valence-electron chi connectivity index (χ2n) is 9.09. The number of hydrogen-bond donors (Lipinski definition) is 2. The molecule has 0 atom stereocenters. The molecule has 2 aromatic carbocycles. The van der Waals surface area contributed by atoms with Gasteiger partial charge >= 0.3 is 6.09 Å². The van der Waals surface area contributed by atoms with Crippen LogP contribution in [-0.4, -0.2) is 32.2 Å². The van der Waals surface area contributed by atoms with E-state index in [1.165, 1.54) is 23.9 Å². The highest BCUT2D eigenvalue weighted by atomic mass is 35.5. The molecule has 2 aromatic heterocycles. The maximum absolute atomic E-state index is 15.2. The van der Waals surface area contributed by atoms with E-state index in [1.807, 2.05) is 35.0 Å². The molecule has 0 bridgehead atoms. The highest BCUT2D eigenvalue weighted by molar-refractivity contribution is 6.32. The van der Waals surface area contributed by atoms with Crippen LogP contribution in [-0.2, 0) is 23.2 Å². The fraction of sp³-hybridized carbons (Fsp3) is 0.214. The predicted octanol–water partition coefficient (Wildman–Crippen LogP) is 6.27. The van der Waals surface area contributed by atoms with E-state index in [4.69, 9.17) is 16.3 Å². The standard InChI is InChI=1S/C28H28ClFN6O2/c1-4-15-38-27(37)35-28(2,3)22-10-7-20(16-24(22)30)25-23(29)17-32-26(34-25)33-21-8-5-19(6-9-21)11-13-36-14-12-31-18-36/h4-10,12,14,16-18H,1,11,13,15H2,2-3H3,(H,35,37)(H,32,33,34). The number of hydrogen-bond acceptors (Lipinski definition) is 6. The number of nitrogens with zero attached hydrogens (tertiary/aromatic N) is 4. The molecule has 8 nitrogen and oxygen atoms in total. The summed E-state index contributed by atoms with van der Waals surface area (Å²) in [7, 11) is 0. The first-order valence-electron chi connectivity index (χ1n) is 12.0. The topological polar surface area (TPSA) is 94.0 Å². The second kappa shape index (κ2) is 11.9. The number of imidazole rings is 1.